The van der Waals surface area contributed by atoms with Crippen molar-refractivity contribution in [3.05, 3.63) is 6.33 Å². The van der Waals surface area contributed by atoms with Crippen LogP contribution in [0.4, 0.5) is 0 Å². The first-order valence-corrected chi connectivity index (χ1v) is 7.78. The molecule has 6 N–H and O–H groups in total. The number of nitrogens with zero attached hydrogens (tertiary/aromatic N) is 2. The van der Waals surface area contributed by atoms with Crippen LogP contribution in [0.1, 0.15) is 6.42 Å². The third-order valence-corrected chi connectivity index (χ3v) is 5.68. The lowest BCUT2D eigenvalue weighted by Gasteiger charge is -2.29. The van der Waals surface area contributed by atoms with E-state index in [0.29, 0.717) is 5.16 Å². The van der Waals surface area contributed by atoms with Crippen LogP contribution in [-0.2, 0) is 14.4 Å². The minimum absolute atomic E-state index is 0.110. The zero-order valence-corrected chi connectivity index (χ0v) is 12.6. The number of aliphatic carboxylic acids is 2. The molecule has 1 heterocycles. The highest BCUT2D eigenvalue weighted by molar-refractivity contribution is 7.99. The summed E-state index contributed by atoms with van der Waals surface area (Å²) in [5.74, 6) is -4.73. The fraction of sp³-hybridized carbons (Fsp3) is 0.583. The molecule has 0 radical (unpaired) electrons. The van der Waals surface area contributed by atoms with Gasteiger partial charge in [-0.15, -0.1) is 10.2 Å². The Morgan fingerprint density at radius 1 is 1.48 bits per heavy atom. The van der Waals surface area contributed by atoms with Crippen LogP contribution in [0.3, 0.4) is 0 Å². The summed E-state index contributed by atoms with van der Waals surface area (Å²) < 4.78 is 0. The molecule has 5 atom stereocenters. The quantitative estimate of drug-likeness (QED) is 0.413. The lowest BCUT2D eigenvalue weighted by atomic mass is 9.90. The number of carbonyl (C=O) groups is 3. The molecule has 2 aliphatic carbocycles. The molecule has 2 fully saturated rings. The highest BCUT2D eigenvalue weighted by atomic mass is 32.2. The summed E-state index contributed by atoms with van der Waals surface area (Å²) in [7, 11) is 0. The van der Waals surface area contributed by atoms with Crippen molar-refractivity contribution in [3.63, 3.8) is 0 Å². The van der Waals surface area contributed by atoms with Crippen LogP contribution < -0.4 is 11.1 Å². The van der Waals surface area contributed by atoms with Crippen molar-refractivity contribution >= 4 is 29.6 Å². The second kappa shape index (κ2) is 5.49. The van der Waals surface area contributed by atoms with E-state index < -0.39 is 35.2 Å². The van der Waals surface area contributed by atoms with Crippen LogP contribution >= 0.6 is 11.8 Å². The highest BCUT2D eigenvalue weighted by Crippen LogP contribution is 2.65. The first-order chi connectivity index (χ1) is 10.9. The Morgan fingerprint density at radius 3 is 2.74 bits per heavy atom. The number of hydrogen-bond acceptors (Lipinski definition) is 7. The maximum Gasteiger partial charge on any atom is 0.329 e. The molecule has 2 aliphatic rings. The number of carboxylic acid groups (broad SMARTS) is 2. The number of fused-ring (bicyclic) bond motifs is 1. The molecule has 3 rings (SSSR count). The van der Waals surface area contributed by atoms with Crippen molar-refractivity contribution in [2.75, 3.05) is 6.54 Å². The van der Waals surface area contributed by atoms with Crippen LogP contribution in [0, 0.1) is 17.8 Å². The number of nitrogens with one attached hydrogen (secondary N) is 2. The van der Waals surface area contributed by atoms with Crippen LogP contribution in [0.15, 0.2) is 11.5 Å². The number of hydrogen-bond donors (Lipinski definition) is 5. The fourth-order valence-corrected chi connectivity index (χ4v) is 4.92. The summed E-state index contributed by atoms with van der Waals surface area (Å²) >= 11 is 1.24. The van der Waals surface area contributed by atoms with Gasteiger partial charge in [0.2, 0.25) is 5.91 Å². The number of aromatic amines is 1. The van der Waals surface area contributed by atoms with E-state index in [4.69, 9.17) is 5.73 Å². The van der Waals surface area contributed by atoms with E-state index in [0.717, 1.165) is 0 Å². The Morgan fingerprint density at radius 2 is 2.22 bits per heavy atom. The van der Waals surface area contributed by atoms with Crippen molar-refractivity contribution in [3.8, 4) is 0 Å². The monoisotopic (exact) mass is 341 g/mol. The van der Waals surface area contributed by atoms with E-state index in [2.05, 4.69) is 20.5 Å². The molecule has 0 aliphatic heterocycles. The lowest BCUT2D eigenvalue weighted by Crippen LogP contribution is -2.57. The third kappa shape index (κ3) is 2.45. The zero-order valence-electron chi connectivity index (χ0n) is 11.8. The van der Waals surface area contributed by atoms with Gasteiger partial charge in [0.15, 0.2) is 5.16 Å². The van der Waals surface area contributed by atoms with Crippen LogP contribution in [0.5, 0.6) is 0 Å². The van der Waals surface area contributed by atoms with E-state index in [1.165, 1.54) is 18.1 Å². The predicted molar refractivity (Wildman–Crippen MR) is 76.3 cm³/mol. The lowest BCUT2D eigenvalue weighted by molar-refractivity contribution is -0.149. The van der Waals surface area contributed by atoms with Crippen molar-refractivity contribution in [1.29, 1.82) is 0 Å². The first-order valence-electron chi connectivity index (χ1n) is 6.90. The molecule has 124 valence electrons. The number of aromatic nitrogens is 3. The summed E-state index contributed by atoms with van der Waals surface area (Å²) in [4.78, 5) is 37.7. The number of nitrogens with two attached hydrogens (primary N) is 1. The van der Waals surface area contributed by atoms with Crippen LogP contribution in [0.25, 0.3) is 0 Å². The number of carboxylic acids is 2. The molecule has 10 nitrogen and oxygen atoms in total. The molecular formula is C12H15N5O5S. The van der Waals surface area contributed by atoms with Gasteiger partial charge in [0.25, 0.3) is 0 Å². The molecule has 1 aromatic heterocycles. The molecule has 1 aromatic rings. The summed E-state index contributed by atoms with van der Waals surface area (Å²) in [6, 6.07) is 0. The van der Waals surface area contributed by atoms with Crippen molar-refractivity contribution in [2.24, 2.45) is 23.5 Å². The Labute approximate surface area is 134 Å². The predicted octanol–water partition coefficient (Wildman–Crippen LogP) is -1.49. The van der Waals surface area contributed by atoms with Crippen LogP contribution in [0.2, 0.25) is 0 Å². The Bertz CT molecular complexity index is 652. The molecule has 2 saturated carbocycles. The standard InChI is InChI=1S/C12H15N5O5S/c13-2-5(18)16-12(10(21)22)1-4(23-11-14-3-15-17-11)6-7(8(6)12)9(19)20/h3-4,6-8H,1-2,13H2,(H,16,18)(H,19,20)(H,21,22)(H,14,15,17). The van der Waals surface area contributed by atoms with Crippen molar-refractivity contribution in [2.45, 2.75) is 22.4 Å². The summed E-state index contributed by atoms with van der Waals surface area (Å²) in [5.41, 5.74) is 3.65. The molecule has 11 heteroatoms. The smallest absolute Gasteiger partial charge is 0.329 e. The SMILES string of the molecule is NCC(=O)NC1(C(=O)O)CC(Sc2nnc[nH]2)C2C(C(=O)O)C21. The van der Waals surface area contributed by atoms with E-state index in [1.54, 1.807) is 0 Å². The van der Waals surface area contributed by atoms with E-state index in [9.17, 15) is 24.6 Å². The van der Waals surface area contributed by atoms with Gasteiger partial charge >= 0.3 is 11.9 Å². The Balaban J connectivity index is 1.89. The van der Waals surface area contributed by atoms with Gasteiger partial charge in [0, 0.05) is 11.2 Å². The van der Waals surface area contributed by atoms with Gasteiger partial charge in [0.05, 0.1) is 12.5 Å². The third-order valence-electron chi connectivity index (χ3n) is 4.47. The normalized spacial score (nSPS) is 34.7. The van der Waals surface area contributed by atoms with Crippen molar-refractivity contribution in [1.82, 2.24) is 20.5 Å². The first kappa shape index (κ1) is 15.7. The minimum atomic E-state index is -1.61. The minimum Gasteiger partial charge on any atom is -0.481 e. The molecule has 1 amide bonds. The van der Waals surface area contributed by atoms with Crippen molar-refractivity contribution < 1.29 is 24.6 Å². The maximum atomic E-state index is 11.8. The van der Waals surface area contributed by atoms with Crippen LogP contribution in [-0.4, -0.2) is 60.6 Å². The topological polar surface area (TPSA) is 171 Å². The molecule has 23 heavy (non-hydrogen) atoms. The Hall–Kier alpha value is -2.14. The number of amides is 1. The molecule has 0 bridgehead atoms. The van der Waals surface area contributed by atoms with Gasteiger partial charge < -0.3 is 26.2 Å². The van der Waals surface area contributed by atoms with E-state index >= 15 is 0 Å². The number of carbonyl (C=O) groups excluding carboxylic acids is 1. The zero-order chi connectivity index (χ0) is 16.8. The largest absolute Gasteiger partial charge is 0.481 e. The molecule has 0 spiro atoms. The number of H-pyrrole nitrogens is 1. The van der Waals surface area contributed by atoms with Gasteiger partial charge in [-0.2, -0.15) is 0 Å². The second-order valence-electron chi connectivity index (χ2n) is 5.65. The average molecular weight is 341 g/mol. The van der Waals surface area contributed by atoms with E-state index in [-0.39, 0.29) is 24.1 Å². The highest BCUT2D eigenvalue weighted by Gasteiger charge is 2.75. The van der Waals surface area contributed by atoms with Gasteiger partial charge in [-0.3, -0.25) is 9.59 Å². The average Bonchev–Trinajstić information content (AvgIpc) is 2.91. The molecule has 5 unspecified atom stereocenters. The molecule has 0 saturated heterocycles. The number of thioether (sulfide) groups is 1. The number of rotatable bonds is 6. The van der Waals surface area contributed by atoms with Gasteiger partial charge in [0.1, 0.15) is 11.9 Å². The summed E-state index contributed by atoms with van der Waals surface area (Å²) in [6.45, 7) is -0.357. The van der Waals surface area contributed by atoms with Gasteiger partial charge in [-0.05, 0) is 12.3 Å². The van der Waals surface area contributed by atoms with E-state index in [1.807, 2.05) is 0 Å². The maximum absolute atomic E-state index is 11.8. The van der Waals surface area contributed by atoms with Gasteiger partial charge in [-0.1, -0.05) is 11.8 Å². The molecule has 0 aromatic carbocycles. The fourth-order valence-electron chi connectivity index (χ4n) is 3.57. The summed E-state index contributed by atoms with van der Waals surface area (Å²) in [6.07, 6.45) is 1.50. The Kier molecular flexibility index (Phi) is 3.76. The summed E-state index contributed by atoms with van der Waals surface area (Å²) in [5, 5.41) is 29.1. The molecular weight excluding hydrogens is 326 g/mol. The van der Waals surface area contributed by atoms with Gasteiger partial charge in [-0.25, -0.2) is 4.79 Å². The second-order valence-corrected chi connectivity index (χ2v) is 6.88.